The number of carbonyl (C=O) groups excluding carboxylic acids is 3. The average Bonchev–Trinajstić information content (AvgIpc) is 2.76. The molecule has 0 spiro atoms. The first-order chi connectivity index (χ1) is 15.6. The molecule has 0 saturated carbocycles. The number of esters is 2. The van der Waals surface area contributed by atoms with Crippen molar-refractivity contribution in [2.45, 2.75) is 38.8 Å². The van der Waals surface area contributed by atoms with E-state index in [4.69, 9.17) is 15.2 Å². The summed E-state index contributed by atoms with van der Waals surface area (Å²) >= 11 is 0. The summed E-state index contributed by atoms with van der Waals surface area (Å²) in [7, 11) is 1.18. The first-order valence-electron chi connectivity index (χ1n) is 10.2. The zero-order valence-corrected chi connectivity index (χ0v) is 19.0. The number of rotatable bonds is 5. The lowest BCUT2D eigenvalue weighted by Crippen LogP contribution is -2.43. The molecule has 0 heterocycles. The summed E-state index contributed by atoms with van der Waals surface area (Å²) in [5.41, 5.74) is 7.35. The molecule has 0 aromatic heterocycles. The van der Waals surface area contributed by atoms with Gasteiger partial charge in [-0.25, -0.2) is 4.79 Å². The van der Waals surface area contributed by atoms with E-state index in [0.717, 1.165) is 5.56 Å². The second-order valence-corrected chi connectivity index (χ2v) is 8.04. The third-order valence-electron chi connectivity index (χ3n) is 4.12. The van der Waals surface area contributed by atoms with E-state index in [0.29, 0.717) is 16.8 Å². The van der Waals surface area contributed by atoms with E-state index >= 15 is 0 Å². The Hall–Kier alpha value is -4.23. The molecule has 2 aromatic rings. The van der Waals surface area contributed by atoms with Crippen molar-refractivity contribution < 1.29 is 23.9 Å². The number of hydrogen-bond acceptors (Lipinski definition) is 6. The Kier molecular flexibility index (Phi) is 8.65. The first kappa shape index (κ1) is 25.0. The monoisotopic (exact) mass is 446 g/mol. The van der Waals surface area contributed by atoms with Crippen LogP contribution in [0.5, 0.6) is 0 Å². The molecule has 7 heteroatoms. The molecule has 0 fully saturated rings. The standard InChI is InChI=1S/C26H26N2O5/c1-26(2,3)33-23(29)17-22(25(31)32-4)28-24(30)20-13-9-18(10-14-20)7-5-6-8-19-11-15-21(27)16-12-19/h9-16,22H,17,27H2,1-4H3,(H,28,30)/t22-/m0/s1. The van der Waals surface area contributed by atoms with Gasteiger partial charge in [0.25, 0.3) is 5.91 Å². The molecule has 0 aliphatic carbocycles. The van der Waals surface area contributed by atoms with Crippen LogP contribution in [0.2, 0.25) is 0 Å². The summed E-state index contributed by atoms with van der Waals surface area (Å²) in [4.78, 5) is 36.6. The Bertz CT molecular complexity index is 1120. The average molecular weight is 447 g/mol. The maximum atomic E-state index is 12.6. The van der Waals surface area contributed by atoms with Crippen molar-refractivity contribution in [2.75, 3.05) is 12.8 Å². The minimum Gasteiger partial charge on any atom is -0.467 e. The van der Waals surface area contributed by atoms with Crippen LogP contribution in [0.4, 0.5) is 5.69 Å². The van der Waals surface area contributed by atoms with E-state index in [1.54, 1.807) is 57.2 Å². The molecule has 1 atom stereocenters. The van der Waals surface area contributed by atoms with Gasteiger partial charge in [-0.15, -0.1) is 0 Å². The van der Waals surface area contributed by atoms with Crippen molar-refractivity contribution in [3.8, 4) is 23.7 Å². The summed E-state index contributed by atoms with van der Waals surface area (Å²) < 4.78 is 9.91. The third-order valence-corrected chi connectivity index (χ3v) is 4.12. The molecular weight excluding hydrogens is 420 g/mol. The van der Waals surface area contributed by atoms with E-state index < -0.39 is 29.5 Å². The minimum absolute atomic E-state index is 0.298. The largest absolute Gasteiger partial charge is 0.467 e. The van der Waals surface area contributed by atoms with Gasteiger partial charge in [-0.05, 0) is 81.1 Å². The summed E-state index contributed by atoms with van der Waals surface area (Å²) in [6.45, 7) is 5.14. The number of ether oxygens (including phenoxy) is 2. The molecule has 0 radical (unpaired) electrons. The molecule has 1 amide bonds. The van der Waals surface area contributed by atoms with Crippen LogP contribution in [-0.2, 0) is 19.1 Å². The predicted molar refractivity (Wildman–Crippen MR) is 125 cm³/mol. The SMILES string of the molecule is COC(=O)[C@H](CC(=O)OC(C)(C)C)NC(=O)c1ccc(C#CC#Cc2ccc(N)cc2)cc1. The lowest BCUT2D eigenvalue weighted by Gasteiger charge is -2.22. The van der Waals surface area contributed by atoms with E-state index in [1.165, 1.54) is 7.11 Å². The van der Waals surface area contributed by atoms with Gasteiger partial charge in [0, 0.05) is 22.4 Å². The number of nitrogens with one attached hydrogen (secondary N) is 1. The van der Waals surface area contributed by atoms with Crippen molar-refractivity contribution in [3.63, 3.8) is 0 Å². The van der Waals surface area contributed by atoms with Gasteiger partial charge >= 0.3 is 11.9 Å². The number of carbonyl (C=O) groups is 3. The Morgan fingerprint density at radius 1 is 0.939 bits per heavy atom. The number of anilines is 1. The topological polar surface area (TPSA) is 108 Å². The minimum atomic E-state index is -1.17. The summed E-state index contributed by atoms with van der Waals surface area (Å²) in [5.74, 6) is 9.43. The number of hydrogen-bond donors (Lipinski definition) is 2. The highest BCUT2D eigenvalue weighted by molar-refractivity contribution is 5.97. The van der Waals surface area contributed by atoms with Gasteiger partial charge in [-0.2, -0.15) is 0 Å². The van der Waals surface area contributed by atoms with Gasteiger partial charge in [-0.1, -0.05) is 11.8 Å². The fourth-order valence-electron chi connectivity index (χ4n) is 2.61. The molecule has 33 heavy (non-hydrogen) atoms. The van der Waals surface area contributed by atoms with Gasteiger partial charge in [-0.3, -0.25) is 9.59 Å². The molecule has 0 bridgehead atoms. The summed E-state index contributed by atoms with van der Waals surface area (Å²) in [6.07, 6.45) is -0.341. The Labute approximate surface area is 193 Å². The molecule has 7 nitrogen and oxygen atoms in total. The number of benzene rings is 2. The molecular formula is C26H26N2O5. The highest BCUT2D eigenvalue weighted by Gasteiger charge is 2.28. The van der Waals surface area contributed by atoms with Crippen molar-refractivity contribution >= 4 is 23.5 Å². The van der Waals surface area contributed by atoms with E-state index in [1.807, 2.05) is 12.1 Å². The maximum absolute atomic E-state index is 12.6. The predicted octanol–water partition coefficient (Wildman–Crippen LogP) is 2.68. The van der Waals surface area contributed by atoms with Gasteiger partial charge in [0.15, 0.2) is 0 Å². The zero-order valence-electron chi connectivity index (χ0n) is 19.0. The number of amides is 1. The smallest absolute Gasteiger partial charge is 0.328 e. The Balaban J connectivity index is 2.02. The van der Waals surface area contributed by atoms with Crippen LogP contribution < -0.4 is 11.1 Å². The van der Waals surface area contributed by atoms with Crippen LogP contribution in [0.1, 0.15) is 48.7 Å². The second kappa shape index (κ2) is 11.4. The Morgan fingerprint density at radius 3 is 1.94 bits per heavy atom. The van der Waals surface area contributed by atoms with Gasteiger partial charge in [0.2, 0.25) is 0 Å². The lowest BCUT2D eigenvalue weighted by molar-refractivity contribution is -0.158. The van der Waals surface area contributed by atoms with Crippen molar-refractivity contribution in [1.29, 1.82) is 0 Å². The van der Waals surface area contributed by atoms with E-state index in [9.17, 15) is 14.4 Å². The first-order valence-corrected chi connectivity index (χ1v) is 10.2. The van der Waals surface area contributed by atoms with E-state index in [-0.39, 0.29) is 6.42 Å². The lowest BCUT2D eigenvalue weighted by atomic mass is 10.1. The van der Waals surface area contributed by atoms with Crippen LogP contribution >= 0.6 is 0 Å². The van der Waals surface area contributed by atoms with Crippen molar-refractivity contribution in [1.82, 2.24) is 5.32 Å². The molecule has 3 N–H and O–H groups in total. The van der Waals surface area contributed by atoms with Crippen LogP contribution in [0.25, 0.3) is 0 Å². The van der Waals surface area contributed by atoms with Crippen LogP contribution in [0.15, 0.2) is 48.5 Å². The van der Waals surface area contributed by atoms with Crippen LogP contribution in [0, 0.1) is 23.7 Å². The van der Waals surface area contributed by atoms with Gasteiger partial charge in [0.1, 0.15) is 11.6 Å². The highest BCUT2D eigenvalue weighted by Crippen LogP contribution is 2.11. The van der Waals surface area contributed by atoms with E-state index in [2.05, 4.69) is 29.0 Å². The Morgan fingerprint density at radius 2 is 1.45 bits per heavy atom. The molecule has 0 saturated heterocycles. The summed E-state index contributed by atoms with van der Waals surface area (Å²) in [5, 5.41) is 2.51. The molecule has 0 unspecified atom stereocenters. The fourth-order valence-corrected chi connectivity index (χ4v) is 2.61. The molecule has 170 valence electrons. The van der Waals surface area contributed by atoms with Gasteiger partial charge < -0.3 is 20.5 Å². The van der Waals surface area contributed by atoms with Crippen LogP contribution in [0.3, 0.4) is 0 Å². The quantitative estimate of drug-likeness (QED) is 0.415. The molecule has 0 aliphatic rings. The molecule has 2 rings (SSSR count). The third kappa shape index (κ3) is 8.80. The second-order valence-electron chi connectivity index (χ2n) is 8.04. The zero-order chi connectivity index (χ0) is 24.4. The summed E-state index contributed by atoms with van der Waals surface area (Å²) in [6, 6.07) is 12.4. The highest BCUT2D eigenvalue weighted by atomic mass is 16.6. The van der Waals surface area contributed by atoms with Crippen molar-refractivity contribution in [3.05, 3.63) is 65.2 Å². The normalized spacial score (nSPS) is 11.0. The van der Waals surface area contributed by atoms with Crippen molar-refractivity contribution in [2.24, 2.45) is 0 Å². The number of nitrogens with two attached hydrogens (primary N) is 1. The van der Waals surface area contributed by atoms with Crippen LogP contribution in [-0.4, -0.2) is 36.6 Å². The number of nitrogen functional groups attached to an aromatic ring is 1. The van der Waals surface area contributed by atoms with Gasteiger partial charge in [0.05, 0.1) is 13.5 Å². The molecule has 0 aliphatic heterocycles. The number of methoxy groups -OCH3 is 1. The molecule has 2 aromatic carbocycles. The maximum Gasteiger partial charge on any atom is 0.328 e. The fraction of sp³-hybridized carbons (Fsp3) is 0.269.